The summed E-state index contributed by atoms with van der Waals surface area (Å²) in [4.78, 5) is 19.0. The minimum atomic E-state index is -4.51. The first kappa shape index (κ1) is 27.7. The summed E-state index contributed by atoms with van der Waals surface area (Å²) < 4.78 is 81.0. The van der Waals surface area contributed by atoms with E-state index in [1.54, 1.807) is 12.1 Å². The molecule has 0 fully saturated rings. The Balaban J connectivity index is 1.12. The average molecular weight is 574 g/mol. The Morgan fingerprint density at radius 2 is 1.78 bits per heavy atom. The molecule has 1 aromatic carbocycles. The Labute approximate surface area is 227 Å². The molecule has 0 spiro atoms. The molecule has 41 heavy (non-hydrogen) atoms. The largest absolute Gasteiger partial charge is 0.416 e. The van der Waals surface area contributed by atoms with Crippen molar-refractivity contribution in [3.05, 3.63) is 88.9 Å². The fourth-order valence-electron chi connectivity index (χ4n) is 4.08. The highest BCUT2D eigenvalue weighted by Crippen LogP contribution is 2.29. The lowest BCUT2D eigenvalue weighted by Crippen LogP contribution is -2.24. The highest BCUT2D eigenvalue weighted by atomic mass is 19.4. The molecule has 0 unspecified atom stereocenters. The van der Waals surface area contributed by atoms with Gasteiger partial charge in [0, 0.05) is 23.7 Å². The number of unbranched alkanes of at least 4 members (excludes halogenated alkanes) is 1. The van der Waals surface area contributed by atoms with Gasteiger partial charge in [-0.2, -0.15) is 18.3 Å². The lowest BCUT2D eigenvalue weighted by atomic mass is 10.1. The van der Waals surface area contributed by atoms with Crippen LogP contribution >= 0.6 is 0 Å². The average Bonchev–Trinajstić information content (AvgIpc) is 3.59. The lowest BCUT2D eigenvalue weighted by molar-refractivity contribution is -0.137. The number of nitrogens with zero attached hydrogens (tertiary/aromatic N) is 6. The Hall–Kier alpha value is -4.82. The van der Waals surface area contributed by atoms with Gasteiger partial charge in [-0.25, -0.2) is 13.2 Å². The number of aromatic amines is 1. The standard InChI is InChI=1S/C26H20F6N8O/c27-19-5-4-18(22(28)23(19)29)20-10-14-9-16(36-38-24(14)35-20)3-1-2-8-40-13-21(37-39-40)25(41)34-12-17-11-15(6-7-33-17)26(30,31)32/h4-7,9-11,13H,1-3,8,12H2,(H,34,41)(H,35,38). The van der Waals surface area contributed by atoms with Gasteiger partial charge in [-0.15, -0.1) is 10.2 Å². The maximum atomic E-state index is 14.2. The van der Waals surface area contributed by atoms with Crippen molar-refractivity contribution in [3.63, 3.8) is 0 Å². The Morgan fingerprint density at radius 1 is 0.951 bits per heavy atom. The van der Waals surface area contributed by atoms with Gasteiger partial charge in [0.25, 0.3) is 5.91 Å². The van der Waals surface area contributed by atoms with Gasteiger partial charge in [0.2, 0.25) is 0 Å². The molecule has 5 aromatic rings. The van der Waals surface area contributed by atoms with E-state index < -0.39 is 35.1 Å². The molecular weight excluding hydrogens is 554 g/mol. The Kier molecular flexibility index (Phi) is 7.68. The number of amides is 1. The predicted molar refractivity (Wildman–Crippen MR) is 133 cm³/mol. The number of halogens is 6. The second-order valence-electron chi connectivity index (χ2n) is 9.09. The number of hydrogen-bond donors (Lipinski definition) is 2. The number of benzene rings is 1. The van der Waals surface area contributed by atoms with Gasteiger partial charge < -0.3 is 10.3 Å². The molecule has 0 saturated carbocycles. The number of carbonyl (C=O) groups is 1. The van der Waals surface area contributed by atoms with Crippen LogP contribution in [-0.4, -0.2) is 41.1 Å². The SMILES string of the molecule is O=C(NCc1cc(C(F)(F)F)ccn1)c1cn(CCCCc2cc3cc(-c4ccc(F)c(F)c4F)[nH]c3nn2)nn1. The predicted octanol–water partition coefficient (Wildman–Crippen LogP) is 5.00. The van der Waals surface area contributed by atoms with Gasteiger partial charge in [-0.05, 0) is 55.7 Å². The van der Waals surface area contributed by atoms with E-state index in [0.29, 0.717) is 42.5 Å². The topological polar surface area (TPSA) is 114 Å². The summed E-state index contributed by atoms with van der Waals surface area (Å²) in [5, 5.41) is 19.0. The molecule has 0 atom stereocenters. The van der Waals surface area contributed by atoms with E-state index in [1.807, 2.05) is 0 Å². The van der Waals surface area contributed by atoms with Gasteiger partial charge in [0.05, 0.1) is 35.4 Å². The van der Waals surface area contributed by atoms with Gasteiger partial charge >= 0.3 is 6.18 Å². The zero-order chi connectivity index (χ0) is 29.1. The third kappa shape index (κ3) is 6.34. The summed E-state index contributed by atoms with van der Waals surface area (Å²) in [5.41, 5.74) is 0.337. The van der Waals surface area contributed by atoms with Crippen molar-refractivity contribution in [2.24, 2.45) is 0 Å². The fourth-order valence-corrected chi connectivity index (χ4v) is 4.08. The van der Waals surface area contributed by atoms with E-state index in [9.17, 15) is 31.1 Å². The molecule has 2 N–H and O–H groups in total. The maximum Gasteiger partial charge on any atom is 0.416 e. The molecule has 4 heterocycles. The third-order valence-electron chi connectivity index (χ3n) is 6.17. The summed E-state index contributed by atoms with van der Waals surface area (Å²) in [6.07, 6.45) is -0.177. The van der Waals surface area contributed by atoms with Crippen molar-refractivity contribution in [1.82, 2.24) is 40.5 Å². The van der Waals surface area contributed by atoms with Crippen LogP contribution in [0.5, 0.6) is 0 Å². The van der Waals surface area contributed by atoms with Crippen LogP contribution in [0.15, 0.2) is 48.8 Å². The highest BCUT2D eigenvalue weighted by Gasteiger charge is 2.30. The summed E-state index contributed by atoms with van der Waals surface area (Å²) in [7, 11) is 0. The molecule has 4 aromatic heterocycles. The number of H-pyrrole nitrogens is 1. The first-order chi connectivity index (χ1) is 19.6. The van der Waals surface area contributed by atoms with Crippen molar-refractivity contribution < 1.29 is 31.1 Å². The number of rotatable bonds is 9. The molecule has 5 rings (SSSR count). The number of hydrogen-bond acceptors (Lipinski definition) is 6. The second-order valence-corrected chi connectivity index (χ2v) is 9.09. The molecule has 212 valence electrons. The Morgan fingerprint density at radius 3 is 2.59 bits per heavy atom. The molecule has 0 radical (unpaired) electrons. The molecule has 15 heteroatoms. The van der Waals surface area contributed by atoms with Crippen LogP contribution in [0.4, 0.5) is 26.3 Å². The van der Waals surface area contributed by atoms with Gasteiger partial charge in [0.15, 0.2) is 28.8 Å². The van der Waals surface area contributed by atoms with E-state index in [2.05, 4.69) is 35.8 Å². The van der Waals surface area contributed by atoms with Gasteiger partial charge in [0.1, 0.15) is 0 Å². The minimum absolute atomic E-state index is 0.00836. The van der Waals surface area contributed by atoms with Crippen molar-refractivity contribution in [3.8, 4) is 11.3 Å². The number of pyridine rings is 1. The van der Waals surface area contributed by atoms with E-state index >= 15 is 0 Å². The van der Waals surface area contributed by atoms with Crippen LogP contribution in [0.25, 0.3) is 22.3 Å². The monoisotopic (exact) mass is 574 g/mol. The number of carbonyl (C=O) groups excluding carboxylic acids is 1. The molecule has 0 saturated heterocycles. The first-order valence-corrected chi connectivity index (χ1v) is 12.3. The molecule has 9 nitrogen and oxygen atoms in total. The van der Waals surface area contributed by atoms with Gasteiger partial charge in [-0.3, -0.25) is 14.5 Å². The third-order valence-corrected chi connectivity index (χ3v) is 6.17. The minimum Gasteiger partial charge on any atom is -0.345 e. The highest BCUT2D eigenvalue weighted by molar-refractivity contribution is 5.91. The van der Waals surface area contributed by atoms with Crippen LogP contribution in [0.3, 0.4) is 0 Å². The first-order valence-electron chi connectivity index (χ1n) is 12.3. The number of fused-ring (bicyclic) bond motifs is 1. The molecular formula is C26H20F6N8O. The van der Waals surface area contributed by atoms with E-state index in [1.165, 1.54) is 10.9 Å². The lowest BCUT2D eigenvalue weighted by Gasteiger charge is -2.08. The second kappa shape index (κ2) is 11.3. The Bertz CT molecular complexity index is 1710. The van der Waals surface area contributed by atoms with Crippen molar-refractivity contribution in [2.45, 2.75) is 38.5 Å². The van der Waals surface area contributed by atoms with Crippen LogP contribution in [0.2, 0.25) is 0 Å². The molecule has 0 aliphatic carbocycles. The summed E-state index contributed by atoms with van der Waals surface area (Å²) >= 11 is 0. The zero-order valence-corrected chi connectivity index (χ0v) is 21.0. The molecule has 0 aliphatic heterocycles. The summed E-state index contributed by atoms with van der Waals surface area (Å²) in [6.45, 7) is 0.230. The molecule has 0 aliphatic rings. The maximum absolute atomic E-state index is 14.2. The van der Waals surface area contributed by atoms with Gasteiger partial charge in [-0.1, -0.05) is 5.21 Å². The van der Waals surface area contributed by atoms with Crippen molar-refractivity contribution in [1.29, 1.82) is 0 Å². The van der Waals surface area contributed by atoms with E-state index in [0.717, 1.165) is 30.5 Å². The van der Waals surface area contributed by atoms with Crippen LogP contribution in [0.1, 0.15) is 40.3 Å². The van der Waals surface area contributed by atoms with E-state index in [-0.39, 0.29) is 29.2 Å². The number of nitrogens with one attached hydrogen (secondary N) is 2. The molecule has 1 amide bonds. The summed E-state index contributed by atoms with van der Waals surface area (Å²) in [6, 6.07) is 7.03. The van der Waals surface area contributed by atoms with Crippen molar-refractivity contribution >= 4 is 16.9 Å². The number of aryl methyl sites for hydroxylation is 2. The quantitative estimate of drug-likeness (QED) is 0.146. The van der Waals surface area contributed by atoms with Crippen LogP contribution in [-0.2, 0) is 25.7 Å². The fraction of sp³-hybridized carbons (Fsp3) is 0.231. The normalized spacial score (nSPS) is 11.8. The summed E-state index contributed by atoms with van der Waals surface area (Å²) in [5.74, 6) is -4.73. The molecule has 0 bridgehead atoms. The van der Waals surface area contributed by atoms with Crippen LogP contribution in [0, 0.1) is 17.5 Å². The van der Waals surface area contributed by atoms with Crippen LogP contribution < -0.4 is 5.32 Å². The smallest absolute Gasteiger partial charge is 0.345 e. The number of alkyl halides is 3. The van der Waals surface area contributed by atoms with E-state index in [4.69, 9.17) is 0 Å². The van der Waals surface area contributed by atoms with Crippen molar-refractivity contribution in [2.75, 3.05) is 0 Å². The number of aromatic nitrogens is 7. The zero-order valence-electron chi connectivity index (χ0n) is 21.0.